The molecule has 142 valence electrons. The maximum Gasteiger partial charge on any atom is 0.337 e. The largest absolute Gasteiger partial charge is 0.465 e. The molecule has 28 heavy (non-hydrogen) atoms. The Hall–Kier alpha value is -3.45. The molecule has 0 aliphatic carbocycles. The van der Waals surface area contributed by atoms with Crippen molar-refractivity contribution in [1.82, 2.24) is 4.98 Å². The van der Waals surface area contributed by atoms with Gasteiger partial charge in [0.15, 0.2) is 0 Å². The van der Waals surface area contributed by atoms with Crippen LogP contribution >= 0.6 is 11.6 Å². The lowest BCUT2D eigenvalue weighted by Gasteiger charge is -2.09. The van der Waals surface area contributed by atoms with Crippen LogP contribution in [0.4, 0.5) is 21.6 Å². The van der Waals surface area contributed by atoms with Crippen LogP contribution in [0.2, 0.25) is 5.02 Å². The molecule has 1 aromatic heterocycles. The number of nitrogens with one attached hydrogen (secondary N) is 2. The Bertz CT molecular complexity index is 1030. The van der Waals surface area contributed by atoms with Crippen molar-refractivity contribution in [1.29, 1.82) is 0 Å². The summed E-state index contributed by atoms with van der Waals surface area (Å²) in [6.45, 7) is 0. The van der Waals surface area contributed by atoms with Gasteiger partial charge in [-0.15, -0.1) is 0 Å². The highest BCUT2D eigenvalue weighted by Crippen LogP contribution is 2.22. The molecule has 0 spiro atoms. The summed E-state index contributed by atoms with van der Waals surface area (Å²) in [4.78, 5) is 28.0. The summed E-state index contributed by atoms with van der Waals surface area (Å²) in [6.07, 6.45) is 1.47. The first kappa shape index (κ1) is 19.3. The van der Waals surface area contributed by atoms with Crippen LogP contribution in [0, 0.1) is 5.82 Å². The summed E-state index contributed by atoms with van der Waals surface area (Å²) in [6, 6.07) is 13.6. The number of esters is 1. The van der Waals surface area contributed by atoms with E-state index in [2.05, 4.69) is 20.4 Å². The van der Waals surface area contributed by atoms with Crippen LogP contribution in [0.3, 0.4) is 0 Å². The smallest absolute Gasteiger partial charge is 0.337 e. The average Bonchev–Trinajstić information content (AvgIpc) is 2.71. The molecule has 0 aliphatic rings. The summed E-state index contributed by atoms with van der Waals surface area (Å²) in [5, 5.41) is 5.68. The van der Waals surface area contributed by atoms with E-state index in [1.807, 2.05) is 0 Å². The lowest BCUT2D eigenvalue weighted by molar-refractivity contribution is 0.0600. The molecule has 1 amide bonds. The van der Waals surface area contributed by atoms with Crippen LogP contribution in [0.15, 0.2) is 60.8 Å². The summed E-state index contributed by atoms with van der Waals surface area (Å²) in [7, 11) is 1.30. The molecule has 0 bridgehead atoms. The first-order valence-electron chi connectivity index (χ1n) is 8.14. The van der Waals surface area contributed by atoms with Crippen molar-refractivity contribution in [3.05, 3.63) is 82.8 Å². The molecule has 1 heterocycles. The summed E-state index contributed by atoms with van der Waals surface area (Å²) in [5.41, 5.74) is 1.81. The van der Waals surface area contributed by atoms with Gasteiger partial charge in [0.1, 0.15) is 11.6 Å². The van der Waals surface area contributed by atoms with Crippen LogP contribution < -0.4 is 10.6 Å². The molecule has 0 unspecified atom stereocenters. The van der Waals surface area contributed by atoms with Crippen molar-refractivity contribution in [3.8, 4) is 0 Å². The van der Waals surface area contributed by atoms with Crippen molar-refractivity contribution in [2.24, 2.45) is 0 Å². The number of nitrogens with zero attached hydrogens (tertiary/aromatic N) is 1. The van der Waals surface area contributed by atoms with E-state index in [-0.39, 0.29) is 10.9 Å². The van der Waals surface area contributed by atoms with Gasteiger partial charge in [-0.25, -0.2) is 14.2 Å². The van der Waals surface area contributed by atoms with Gasteiger partial charge >= 0.3 is 5.97 Å². The van der Waals surface area contributed by atoms with Crippen LogP contribution in [0.25, 0.3) is 0 Å². The molecule has 3 rings (SSSR count). The number of ether oxygens (including phenoxy) is 1. The number of amides is 1. The number of carbonyl (C=O) groups excluding carboxylic acids is 2. The molecule has 2 aromatic carbocycles. The SMILES string of the molecule is COC(=O)c1ccc(NC(=O)c2ccnc(Nc3ccc(F)c(Cl)c3)c2)cc1. The second-order valence-electron chi connectivity index (χ2n) is 5.71. The number of aromatic nitrogens is 1. The predicted octanol–water partition coefficient (Wildman–Crippen LogP) is 4.66. The van der Waals surface area contributed by atoms with Crippen LogP contribution in [-0.4, -0.2) is 24.0 Å². The first-order valence-corrected chi connectivity index (χ1v) is 8.52. The van der Waals surface area contributed by atoms with Gasteiger partial charge in [0, 0.05) is 23.1 Å². The van der Waals surface area contributed by atoms with Gasteiger partial charge in [-0.05, 0) is 54.6 Å². The average molecular weight is 400 g/mol. The summed E-state index contributed by atoms with van der Waals surface area (Å²) >= 11 is 5.76. The Kier molecular flexibility index (Phi) is 5.86. The quantitative estimate of drug-likeness (QED) is 0.610. The molecule has 0 radical (unpaired) electrons. The number of pyridine rings is 1. The molecule has 2 N–H and O–H groups in total. The fourth-order valence-corrected chi connectivity index (χ4v) is 2.55. The lowest BCUT2D eigenvalue weighted by atomic mass is 10.2. The fraction of sp³-hybridized carbons (Fsp3) is 0.0500. The molecule has 0 aliphatic heterocycles. The topological polar surface area (TPSA) is 80.3 Å². The molecule has 0 saturated carbocycles. The molecule has 3 aromatic rings. The van der Waals surface area contributed by atoms with Crippen molar-refractivity contribution in [2.75, 3.05) is 17.7 Å². The molecule has 0 atom stereocenters. The highest BCUT2D eigenvalue weighted by molar-refractivity contribution is 6.31. The number of carbonyl (C=O) groups is 2. The summed E-state index contributed by atoms with van der Waals surface area (Å²) < 4.78 is 17.9. The lowest BCUT2D eigenvalue weighted by Crippen LogP contribution is -2.12. The van der Waals surface area contributed by atoms with E-state index in [0.717, 1.165) is 0 Å². The third-order valence-corrected chi connectivity index (χ3v) is 4.07. The van der Waals surface area contributed by atoms with E-state index in [4.69, 9.17) is 11.6 Å². The minimum absolute atomic E-state index is 0.0192. The Labute approximate surface area is 165 Å². The molecule has 6 nitrogen and oxygen atoms in total. The fourth-order valence-electron chi connectivity index (χ4n) is 2.37. The zero-order valence-electron chi connectivity index (χ0n) is 14.7. The van der Waals surface area contributed by atoms with Crippen LogP contribution in [0.5, 0.6) is 0 Å². The zero-order valence-corrected chi connectivity index (χ0v) is 15.5. The minimum Gasteiger partial charge on any atom is -0.465 e. The van der Waals surface area contributed by atoms with Crippen LogP contribution in [0.1, 0.15) is 20.7 Å². The third kappa shape index (κ3) is 4.63. The second kappa shape index (κ2) is 8.49. The van der Waals surface area contributed by atoms with Crippen molar-refractivity contribution >= 4 is 40.7 Å². The molecule has 0 fully saturated rings. The molecular formula is C20H15ClFN3O3. The number of rotatable bonds is 5. The highest BCUT2D eigenvalue weighted by atomic mass is 35.5. The molecular weight excluding hydrogens is 385 g/mol. The van der Waals surface area contributed by atoms with Gasteiger partial charge < -0.3 is 15.4 Å². The Balaban J connectivity index is 1.71. The van der Waals surface area contributed by atoms with Gasteiger partial charge in [0.25, 0.3) is 5.91 Å². The molecule has 8 heteroatoms. The van der Waals surface area contributed by atoms with Gasteiger partial charge in [-0.2, -0.15) is 0 Å². The van der Waals surface area contributed by atoms with Gasteiger partial charge in [-0.1, -0.05) is 11.6 Å². The number of hydrogen-bond donors (Lipinski definition) is 2. The van der Waals surface area contributed by atoms with E-state index in [1.54, 1.807) is 36.4 Å². The number of halogens is 2. The number of benzene rings is 2. The number of hydrogen-bond acceptors (Lipinski definition) is 5. The van der Waals surface area contributed by atoms with E-state index < -0.39 is 11.8 Å². The van der Waals surface area contributed by atoms with E-state index in [0.29, 0.717) is 28.3 Å². The monoisotopic (exact) mass is 399 g/mol. The van der Waals surface area contributed by atoms with Crippen LogP contribution in [-0.2, 0) is 4.74 Å². The molecule has 0 saturated heterocycles. The minimum atomic E-state index is -0.522. The normalized spacial score (nSPS) is 10.2. The van der Waals surface area contributed by atoms with Gasteiger partial charge in [-0.3, -0.25) is 4.79 Å². The third-order valence-electron chi connectivity index (χ3n) is 3.78. The highest BCUT2D eigenvalue weighted by Gasteiger charge is 2.10. The van der Waals surface area contributed by atoms with Gasteiger partial charge in [0.05, 0.1) is 17.7 Å². The zero-order chi connectivity index (χ0) is 20.1. The van der Waals surface area contributed by atoms with E-state index in [9.17, 15) is 14.0 Å². The van der Waals surface area contributed by atoms with E-state index in [1.165, 1.54) is 31.5 Å². The van der Waals surface area contributed by atoms with Gasteiger partial charge in [0.2, 0.25) is 0 Å². The summed E-state index contributed by atoms with van der Waals surface area (Å²) in [5.74, 6) is -0.931. The Morgan fingerprint density at radius 3 is 2.39 bits per heavy atom. The van der Waals surface area contributed by atoms with Crippen molar-refractivity contribution in [3.63, 3.8) is 0 Å². The number of methoxy groups -OCH3 is 1. The standard InChI is InChI=1S/C20H15ClFN3O3/c1-28-20(27)12-2-4-14(5-3-12)25-19(26)13-8-9-23-18(10-13)24-15-6-7-17(22)16(21)11-15/h2-11H,1H3,(H,23,24)(H,25,26). The van der Waals surface area contributed by atoms with E-state index >= 15 is 0 Å². The maximum atomic E-state index is 13.2. The predicted molar refractivity (Wildman–Crippen MR) is 105 cm³/mol. The Morgan fingerprint density at radius 2 is 1.71 bits per heavy atom. The van der Waals surface area contributed by atoms with Crippen molar-refractivity contribution in [2.45, 2.75) is 0 Å². The number of anilines is 3. The Morgan fingerprint density at radius 1 is 1.00 bits per heavy atom. The maximum absolute atomic E-state index is 13.2. The second-order valence-corrected chi connectivity index (χ2v) is 6.11. The first-order chi connectivity index (χ1) is 13.5. The van der Waals surface area contributed by atoms with Crippen molar-refractivity contribution < 1.29 is 18.7 Å².